The van der Waals surface area contributed by atoms with Crippen molar-refractivity contribution in [1.82, 2.24) is 8.61 Å². The fourth-order valence-electron chi connectivity index (χ4n) is 1.94. The molecule has 0 N–H and O–H groups in total. The molecule has 1 heterocycles. The number of rotatable bonds is 4. The molecule has 1 aliphatic heterocycles. The van der Waals surface area contributed by atoms with E-state index in [9.17, 15) is 4.79 Å². The Hall–Kier alpha value is -1.24. The molecular formula is C15H22N2O3S. The van der Waals surface area contributed by atoms with Crippen LogP contribution in [0.15, 0.2) is 24.3 Å². The first-order chi connectivity index (χ1) is 10.1. The average Bonchev–Trinajstić information content (AvgIpc) is 2.48. The molecule has 1 aliphatic rings. The lowest BCUT2D eigenvalue weighted by molar-refractivity contribution is 0.0759. The highest BCUT2D eigenvalue weighted by molar-refractivity contribution is 7.95. The van der Waals surface area contributed by atoms with Gasteiger partial charge in [0.15, 0.2) is 0 Å². The second-order valence-electron chi connectivity index (χ2n) is 5.22. The van der Waals surface area contributed by atoms with Crippen LogP contribution in [-0.2, 0) is 4.74 Å². The van der Waals surface area contributed by atoms with Gasteiger partial charge in [-0.3, -0.25) is 0 Å². The van der Waals surface area contributed by atoms with E-state index in [0.717, 1.165) is 18.7 Å². The van der Waals surface area contributed by atoms with Crippen LogP contribution >= 0.6 is 12.1 Å². The van der Waals surface area contributed by atoms with Gasteiger partial charge in [-0.05, 0) is 23.6 Å². The largest absolute Gasteiger partial charge is 0.426 e. The Morgan fingerprint density at radius 3 is 2.76 bits per heavy atom. The first kappa shape index (κ1) is 16.1. The molecule has 1 amide bonds. The first-order valence-corrected chi connectivity index (χ1v) is 7.85. The van der Waals surface area contributed by atoms with E-state index in [-0.39, 0.29) is 6.09 Å². The fourth-order valence-corrected chi connectivity index (χ4v) is 2.70. The van der Waals surface area contributed by atoms with Crippen molar-refractivity contribution in [2.24, 2.45) is 0 Å². The van der Waals surface area contributed by atoms with Crippen molar-refractivity contribution in [3.05, 3.63) is 29.8 Å². The van der Waals surface area contributed by atoms with Crippen LogP contribution in [0.1, 0.15) is 25.3 Å². The van der Waals surface area contributed by atoms with Crippen LogP contribution in [0, 0.1) is 0 Å². The van der Waals surface area contributed by atoms with Crippen LogP contribution in [0.4, 0.5) is 4.79 Å². The van der Waals surface area contributed by atoms with Crippen LogP contribution in [0.5, 0.6) is 5.75 Å². The zero-order chi connectivity index (χ0) is 15.2. The molecule has 1 aromatic rings. The molecule has 0 aromatic heterocycles. The monoisotopic (exact) mass is 310 g/mol. The topological polar surface area (TPSA) is 42.0 Å². The third-order valence-electron chi connectivity index (χ3n) is 3.20. The molecule has 0 radical (unpaired) electrons. The van der Waals surface area contributed by atoms with Crippen LogP contribution in [-0.4, -0.2) is 48.1 Å². The predicted octanol–water partition coefficient (Wildman–Crippen LogP) is 3.14. The van der Waals surface area contributed by atoms with E-state index in [1.54, 1.807) is 13.1 Å². The van der Waals surface area contributed by atoms with Gasteiger partial charge in [0.2, 0.25) is 0 Å². The van der Waals surface area contributed by atoms with Crippen molar-refractivity contribution in [1.29, 1.82) is 0 Å². The number of benzene rings is 1. The first-order valence-electron chi connectivity index (χ1n) is 7.12. The molecule has 1 saturated heterocycles. The molecule has 21 heavy (non-hydrogen) atoms. The molecule has 0 bridgehead atoms. The van der Waals surface area contributed by atoms with Gasteiger partial charge in [0.1, 0.15) is 5.75 Å². The lowest BCUT2D eigenvalue weighted by Crippen LogP contribution is -2.36. The van der Waals surface area contributed by atoms with Crippen molar-refractivity contribution in [2.75, 3.05) is 33.4 Å². The van der Waals surface area contributed by atoms with Gasteiger partial charge in [-0.2, -0.15) is 0 Å². The Balaban J connectivity index is 1.89. The summed E-state index contributed by atoms with van der Waals surface area (Å²) < 4.78 is 14.3. The molecule has 1 aromatic carbocycles. The highest BCUT2D eigenvalue weighted by Crippen LogP contribution is 2.22. The maximum atomic E-state index is 12.1. The minimum atomic E-state index is -0.368. The van der Waals surface area contributed by atoms with Crippen molar-refractivity contribution in [3.63, 3.8) is 0 Å². The van der Waals surface area contributed by atoms with Crippen molar-refractivity contribution < 1.29 is 14.3 Å². The number of carbonyl (C=O) groups excluding carboxylic acids is 1. The van der Waals surface area contributed by atoms with E-state index >= 15 is 0 Å². The normalized spacial score (nSPS) is 16.0. The second kappa shape index (κ2) is 7.68. The average molecular weight is 310 g/mol. The molecule has 116 valence electrons. The molecular weight excluding hydrogens is 288 g/mol. The highest BCUT2D eigenvalue weighted by Gasteiger charge is 2.19. The number of amides is 1. The molecule has 6 heteroatoms. The van der Waals surface area contributed by atoms with Crippen molar-refractivity contribution >= 4 is 18.2 Å². The zero-order valence-corrected chi connectivity index (χ0v) is 13.6. The molecule has 1 fully saturated rings. The summed E-state index contributed by atoms with van der Waals surface area (Å²) in [5.41, 5.74) is 1.16. The quantitative estimate of drug-likeness (QED) is 0.799. The van der Waals surface area contributed by atoms with Crippen LogP contribution < -0.4 is 4.74 Å². The summed E-state index contributed by atoms with van der Waals surface area (Å²) in [6.45, 7) is 7.25. The lowest BCUT2D eigenvalue weighted by atomic mass is 10.0. The maximum absolute atomic E-state index is 12.1. The zero-order valence-electron chi connectivity index (χ0n) is 12.7. The summed E-state index contributed by atoms with van der Waals surface area (Å²) in [4.78, 5) is 12.1. The fraction of sp³-hybridized carbons (Fsp3) is 0.533. The standard InChI is InChI=1S/C15H22N2O3S/c1-12(2)13-5-4-6-14(11-13)20-15(18)16(3)21-17-7-9-19-10-8-17/h4-6,11-12H,7-10H2,1-3H3. The van der Waals surface area contributed by atoms with Gasteiger partial charge >= 0.3 is 6.09 Å². The summed E-state index contributed by atoms with van der Waals surface area (Å²) in [5, 5.41) is 0. The number of carbonyl (C=O) groups is 1. The molecule has 5 nitrogen and oxygen atoms in total. The minimum absolute atomic E-state index is 0.368. The van der Waals surface area contributed by atoms with E-state index < -0.39 is 0 Å². The van der Waals surface area contributed by atoms with Crippen molar-refractivity contribution in [3.8, 4) is 5.75 Å². The van der Waals surface area contributed by atoms with Gasteiger partial charge in [0.25, 0.3) is 0 Å². The Bertz CT molecular complexity index is 476. The second-order valence-corrected chi connectivity index (χ2v) is 6.44. The Kier molecular flexibility index (Phi) is 5.90. The number of hydrogen-bond donors (Lipinski definition) is 0. The number of nitrogens with zero attached hydrogens (tertiary/aromatic N) is 2. The van der Waals surface area contributed by atoms with Gasteiger partial charge in [0.05, 0.1) is 13.2 Å². The number of morpholine rings is 1. The summed E-state index contributed by atoms with van der Waals surface area (Å²) in [6, 6.07) is 7.66. The van der Waals surface area contributed by atoms with Gasteiger partial charge < -0.3 is 9.47 Å². The Morgan fingerprint density at radius 2 is 2.10 bits per heavy atom. The minimum Gasteiger partial charge on any atom is -0.410 e. The third kappa shape index (κ3) is 4.91. The van der Waals surface area contributed by atoms with Crippen LogP contribution in [0.2, 0.25) is 0 Å². The van der Waals surface area contributed by atoms with E-state index in [0.29, 0.717) is 24.9 Å². The van der Waals surface area contributed by atoms with Crippen molar-refractivity contribution in [2.45, 2.75) is 19.8 Å². The van der Waals surface area contributed by atoms with E-state index in [1.165, 1.54) is 16.4 Å². The van der Waals surface area contributed by atoms with Gasteiger partial charge in [-0.1, -0.05) is 26.0 Å². The Morgan fingerprint density at radius 1 is 1.38 bits per heavy atom. The molecule has 0 unspecified atom stereocenters. The summed E-state index contributed by atoms with van der Waals surface area (Å²) in [6.07, 6.45) is -0.368. The molecule has 2 rings (SSSR count). The van der Waals surface area contributed by atoms with Crippen LogP contribution in [0.25, 0.3) is 0 Å². The third-order valence-corrected chi connectivity index (χ3v) is 4.19. The van der Waals surface area contributed by atoms with Crippen LogP contribution in [0.3, 0.4) is 0 Å². The smallest absolute Gasteiger partial charge is 0.410 e. The summed E-state index contributed by atoms with van der Waals surface area (Å²) in [7, 11) is 1.72. The SMILES string of the molecule is CC(C)c1cccc(OC(=O)N(C)SN2CCOCC2)c1. The molecule has 0 spiro atoms. The Labute approximate surface area is 130 Å². The number of hydrogen-bond acceptors (Lipinski definition) is 5. The summed E-state index contributed by atoms with van der Waals surface area (Å²) in [5.74, 6) is 0.990. The molecule has 0 atom stereocenters. The molecule has 0 saturated carbocycles. The summed E-state index contributed by atoms with van der Waals surface area (Å²) >= 11 is 1.37. The highest BCUT2D eigenvalue weighted by atomic mass is 32.2. The molecule has 0 aliphatic carbocycles. The van der Waals surface area contributed by atoms with Gasteiger partial charge in [-0.25, -0.2) is 13.4 Å². The van der Waals surface area contributed by atoms with E-state index in [1.807, 2.05) is 18.2 Å². The predicted molar refractivity (Wildman–Crippen MR) is 84.3 cm³/mol. The van der Waals surface area contributed by atoms with Gasteiger partial charge in [-0.15, -0.1) is 0 Å². The maximum Gasteiger partial charge on any atom is 0.426 e. The van der Waals surface area contributed by atoms with E-state index in [4.69, 9.17) is 9.47 Å². The van der Waals surface area contributed by atoms with E-state index in [2.05, 4.69) is 18.2 Å². The lowest BCUT2D eigenvalue weighted by Gasteiger charge is -2.28. The number of ether oxygens (including phenoxy) is 2. The van der Waals surface area contributed by atoms with Gasteiger partial charge in [0, 0.05) is 32.3 Å².